The van der Waals surface area contributed by atoms with E-state index in [9.17, 15) is 0 Å². The van der Waals surface area contributed by atoms with E-state index in [1.165, 1.54) is 16.7 Å². The number of hydrogen-bond donors (Lipinski definition) is 3. The summed E-state index contributed by atoms with van der Waals surface area (Å²) in [6, 6.07) is 8.45. The molecule has 0 saturated heterocycles. The van der Waals surface area contributed by atoms with Gasteiger partial charge in [0.1, 0.15) is 0 Å². The van der Waals surface area contributed by atoms with Gasteiger partial charge in [-0.1, -0.05) is 29.5 Å². The number of benzene rings is 2. The lowest BCUT2D eigenvalue weighted by molar-refractivity contribution is 0.754. The minimum Gasteiger partial charge on any atom is -0.398 e. The van der Waals surface area contributed by atoms with E-state index >= 15 is 0 Å². The van der Waals surface area contributed by atoms with E-state index in [4.69, 9.17) is 11.5 Å². The SMILES string of the molecule is Cc1cc(C)c(C2(N)Nc3cc(C)cc(N)c3S2)c(C)c1. The Labute approximate surface area is 130 Å². The predicted octanol–water partition coefficient (Wildman–Crippen LogP) is 3.79. The smallest absolute Gasteiger partial charge is 0.166 e. The predicted molar refractivity (Wildman–Crippen MR) is 91.6 cm³/mol. The van der Waals surface area contributed by atoms with Crippen LogP contribution in [-0.4, -0.2) is 0 Å². The monoisotopic (exact) mass is 299 g/mol. The molecule has 1 aliphatic heterocycles. The van der Waals surface area contributed by atoms with Gasteiger partial charge in [0.05, 0.1) is 10.6 Å². The van der Waals surface area contributed by atoms with Crippen molar-refractivity contribution in [2.24, 2.45) is 5.73 Å². The highest BCUT2D eigenvalue weighted by atomic mass is 32.2. The van der Waals surface area contributed by atoms with Crippen molar-refractivity contribution in [1.82, 2.24) is 0 Å². The molecule has 1 atom stereocenters. The van der Waals surface area contributed by atoms with Crippen molar-refractivity contribution in [2.45, 2.75) is 37.6 Å². The number of aryl methyl sites for hydroxylation is 4. The second-order valence-electron chi connectivity index (χ2n) is 5.97. The van der Waals surface area contributed by atoms with Crippen LogP contribution in [0.1, 0.15) is 27.8 Å². The zero-order valence-corrected chi connectivity index (χ0v) is 13.7. The average Bonchev–Trinajstić information content (AvgIpc) is 2.64. The molecule has 1 unspecified atom stereocenters. The van der Waals surface area contributed by atoms with Gasteiger partial charge in [-0.3, -0.25) is 5.73 Å². The van der Waals surface area contributed by atoms with Crippen LogP contribution in [0.25, 0.3) is 0 Å². The van der Waals surface area contributed by atoms with Gasteiger partial charge < -0.3 is 11.1 Å². The number of nitrogens with one attached hydrogen (secondary N) is 1. The first-order valence-electron chi connectivity index (χ1n) is 7.04. The van der Waals surface area contributed by atoms with Crippen LogP contribution in [0.2, 0.25) is 0 Å². The summed E-state index contributed by atoms with van der Waals surface area (Å²) in [6.45, 7) is 8.38. The molecule has 0 aliphatic carbocycles. The molecule has 4 heteroatoms. The number of nitrogen functional groups attached to an aromatic ring is 1. The summed E-state index contributed by atoms with van der Waals surface area (Å²) < 4.78 is 0. The van der Waals surface area contributed by atoms with Crippen LogP contribution in [0.5, 0.6) is 0 Å². The van der Waals surface area contributed by atoms with Crippen molar-refractivity contribution in [3.8, 4) is 0 Å². The molecule has 0 radical (unpaired) electrons. The fourth-order valence-electron chi connectivity index (χ4n) is 3.27. The first-order valence-corrected chi connectivity index (χ1v) is 7.86. The van der Waals surface area contributed by atoms with Crippen molar-refractivity contribution in [2.75, 3.05) is 11.1 Å². The average molecular weight is 299 g/mol. The fraction of sp³-hybridized carbons (Fsp3) is 0.294. The molecule has 21 heavy (non-hydrogen) atoms. The van der Waals surface area contributed by atoms with E-state index in [2.05, 4.69) is 44.3 Å². The molecular formula is C17H21N3S. The Morgan fingerprint density at radius 2 is 1.52 bits per heavy atom. The molecule has 0 spiro atoms. The zero-order valence-electron chi connectivity index (χ0n) is 12.9. The highest BCUT2D eigenvalue weighted by Crippen LogP contribution is 2.52. The van der Waals surface area contributed by atoms with Crippen LogP contribution >= 0.6 is 11.8 Å². The Morgan fingerprint density at radius 1 is 0.952 bits per heavy atom. The number of nitrogens with two attached hydrogens (primary N) is 2. The molecule has 0 saturated carbocycles. The van der Waals surface area contributed by atoms with Crippen LogP contribution in [0, 0.1) is 27.7 Å². The molecule has 1 heterocycles. The van der Waals surface area contributed by atoms with E-state index in [0.29, 0.717) is 0 Å². The third kappa shape index (κ3) is 2.28. The number of rotatable bonds is 1. The van der Waals surface area contributed by atoms with E-state index in [1.54, 1.807) is 11.8 Å². The van der Waals surface area contributed by atoms with Crippen LogP contribution < -0.4 is 16.8 Å². The van der Waals surface area contributed by atoms with Crippen molar-refractivity contribution < 1.29 is 0 Å². The minimum absolute atomic E-state index is 0.661. The number of thioether (sulfide) groups is 1. The lowest BCUT2D eigenvalue weighted by Crippen LogP contribution is -2.39. The summed E-state index contributed by atoms with van der Waals surface area (Å²) >= 11 is 1.60. The third-order valence-electron chi connectivity index (χ3n) is 3.89. The topological polar surface area (TPSA) is 64.1 Å². The number of hydrogen-bond acceptors (Lipinski definition) is 4. The summed E-state index contributed by atoms with van der Waals surface area (Å²) in [6.07, 6.45) is 0. The van der Waals surface area contributed by atoms with Gasteiger partial charge >= 0.3 is 0 Å². The van der Waals surface area contributed by atoms with Gasteiger partial charge in [0.2, 0.25) is 0 Å². The van der Waals surface area contributed by atoms with Crippen molar-refractivity contribution in [1.29, 1.82) is 0 Å². The van der Waals surface area contributed by atoms with Crippen LogP contribution in [0.3, 0.4) is 0 Å². The fourth-order valence-corrected chi connectivity index (χ4v) is 4.58. The lowest BCUT2D eigenvalue weighted by Gasteiger charge is -2.28. The van der Waals surface area contributed by atoms with Gasteiger partial charge in [-0.25, -0.2) is 0 Å². The molecule has 0 bridgehead atoms. The molecule has 0 aromatic heterocycles. The Morgan fingerprint density at radius 3 is 2.14 bits per heavy atom. The van der Waals surface area contributed by atoms with Gasteiger partial charge in [-0.15, -0.1) is 0 Å². The van der Waals surface area contributed by atoms with Gasteiger partial charge in [-0.05, 0) is 56.5 Å². The number of fused-ring (bicyclic) bond motifs is 1. The normalized spacial score (nSPS) is 20.2. The summed E-state index contributed by atoms with van der Waals surface area (Å²) in [7, 11) is 0. The molecular weight excluding hydrogens is 278 g/mol. The highest BCUT2D eigenvalue weighted by molar-refractivity contribution is 8.01. The minimum atomic E-state index is -0.661. The molecule has 110 valence electrons. The van der Waals surface area contributed by atoms with E-state index in [-0.39, 0.29) is 0 Å². The Bertz CT molecular complexity index is 716. The summed E-state index contributed by atoms with van der Waals surface area (Å²) in [5.74, 6) is 0. The van der Waals surface area contributed by atoms with Crippen LogP contribution in [0.4, 0.5) is 11.4 Å². The summed E-state index contributed by atoms with van der Waals surface area (Å²) in [4.78, 5) is 0.383. The molecule has 5 N–H and O–H groups in total. The van der Waals surface area contributed by atoms with Gasteiger partial charge in [0, 0.05) is 11.3 Å². The second kappa shape index (κ2) is 4.68. The third-order valence-corrected chi connectivity index (χ3v) is 5.18. The lowest BCUT2D eigenvalue weighted by atomic mass is 9.97. The van der Waals surface area contributed by atoms with E-state index in [1.807, 2.05) is 13.0 Å². The standard InChI is InChI=1S/C17H21N3S/c1-9-5-11(3)15(12(4)6-9)17(19)20-14-8-10(2)7-13(18)16(14)21-17/h5-8,20H,18-19H2,1-4H3. The quantitative estimate of drug-likeness (QED) is 0.701. The molecule has 2 aromatic rings. The maximum absolute atomic E-state index is 6.70. The maximum atomic E-state index is 6.70. The second-order valence-corrected chi connectivity index (χ2v) is 7.22. The summed E-state index contributed by atoms with van der Waals surface area (Å²) in [5, 5.41) is 3.47. The molecule has 3 rings (SSSR count). The van der Waals surface area contributed by atoms with Gasteiger partial charge in [0.25, 0.3) is 0 Å². The van der Waals surface area contributed by atoms with E-state index in [0.717, 1.165) is 27.4 Å². The van der Waals surface area contributed by atoms with Crippen molar-refractivity contribution in [3.63, 3.8) is 0 Å². The molecule has 0 fully saturated rings. The highest BCUT2D eigenvalue weighted by Gasteiger charge is 2.39. The first kappa shape index (κ1) is 14.3. The Hall–Kier alpha value is -1.65. The number of anilines is 2. The Balaban J connectivity index is 2.12. The first-order chi connectivity index (χ1) is 9.80. The Kier molecular flexibility index (Phi) is 3.19. The van der Waals surface area contributed by atoms with Gasteiger partial charge in [0.15, 0.2) is 4.99 Å². The van der Waals surface area contributed by atoms with E-state index < -0.39 is 4.99 Å². The zero-order chi connectivity index (χ0) is 15.4. The van der Waals surface area contributed by atoms with Crippen molar-refractivity contribution in [3.05, 3.63) is 52.1 Å². The maximum Gasteiger partial charge on any atom is 0.166 e. The molecule has 0 amide bonds. The molecule has 1 aliphatic rings. The van der Waals surface area contributed by atoms with Crippen LogP contribution in [-0.2, 0) is 4.99 Å². The van der Waals surface area contributed by atoms with Crippen molar-refractivity contribution >= 4 is 23.1 Å². The molecule has 3 nitrogen and oxygen atoms in total. The van der Waals surface area contributed by atoms with Crippen LogP contribution in [0.15, 0.2) is 29.2 Å². The largest absolute Gasteiger partial charge is 0.398 e. The molecule has 2 aromatic carbocycles. The summed E-state index contributed by atoms with van der Waals surface area (Å²) in [5.41, 5.74) is 20.6. The van der Waals surface area contributed by atoms with Gasteiger partial charge in [-0.2, -0.15) is 0 Å².